The summed E-state index contributed by atoms with van der Waals surface area (Å²) >= 11 is 0. The zero-order valence-electron chi connectivity index (χ0n) is 21.4. The maximum atomic E-state index is 12.1. The third kappa shape index (κ3) is 4.05. The topological polar surface area (TPSA) is 104 Å². The summed E-state index contributed by atoms with van der Waals surface area (Å²) in [5, 5.41) is 17.3. The number of pyridine rings is 2. The van der Waals surface area contributed by atoms with Crippen LogP contribution < -0.4 is 4.74 Å². The summed E-state index contributed by atoms with van der Waals surface area (Å²) in [5.74, 6) is 0.796. The molecule has 6 rings (SSSR count). The van der Waals surface area contributed by atoms with Gasteiger partial charge in [0, 0.05) is 48.1 Å². The van der Waals surface area contributed by atoms with Gasteiger partial charge in [0.1, 0.15) is 28.8 Å². The van der Waals surface area contributed by atoms with Crippen LogP contribution in [0.3, 0.4) is 0 Å². The largest absolute Gasteiger partial charge is 0.494 e. The number of amides is 1. The molecule has 1 amide bonds. The average molecular weight is 498 g/mol. The van der Waals surface area contributed by atoms with E-state index in [4.69, 9.17) is 14.7 Å². The van der Waals surface area contributed by atoms with Crippen molar-refractivity contribution >= 4 is 16.9 Å². The minimum atomic E-state index is -0.970. The maximum Gasteiger partial charge on any atom is 0.251 e. The van der Waals surface area contributed by atoms with Crippen LogP contribution in [-0.2, 0) is 17.6 Å². The fourth-order valence-corrected chi connectivity index (χ4v) is 5.73. The molecule has 2 aliphatic rings. The number of carbonyl (C=O) groups excluding carboxylic acids is 1. The number of benzene rings is 1. The summed E-state index contributed by atoms with van der Waals surface area (Å²) in [4.78, 5) is 23.5. The van der Waals surface area contributed by atoms with Crippen molar-refractivity contribution in [2.45, 2.75) is 57.1 Å². The lowest BCUT2D eigenvalue weighted by Crippen LogP contribution is -2.47. The van der Waals surface area contributed by atoms with Gasteiger partial charge in [0.2, 0.25) is 0 Å². The Bertz CT molecular complexity index is 1470. The number of fused-ring (bicyclic) bond motifs is 2. The molecule has 1 saturated carbocycles. The molecular weight excluding hydrogens is 466 g/mol. The number of H-pyrrole nitrogens is 1. The van der Waals surface area contributed by atoms with Crippen LogP contribution in [0.5, 0.6) is 5.75 Å². The Kier molecular flexibility index (Phi) is 5.91. The molecule has 3 aromatic heterocycles. The van der Waals surface area contributed by atoms with Gasteiger partial charge in [0.05, 0.1) is 12.6 Å². The van der Waals surface area contributed by atoms with Crippen LogP contribution in [0.15, 0.2) is 42.6 Å². The number of ether oxygens (including phenoxy) is 1. The minimum absolute atomic E-state index is 0.140. The molecule has 4 aromatic rings. The zero-order chi connectivity index (χ0) is 25.7. The molecule has 2 aliphatic carbocycles. The average Bonchev–Trinajstić information content (AvgIpc) is 3.53. The first-order valence-corrected chi connectivity index (χ1v) is 12.9. The van der Waals surface area contributed by atoms with Crippen LogP contribution >= 0.6 is 0 Å². The van der Waals surface area contributed by atoms with Crippen LogP contribution in [0, 0.1) is 0 Å². The second-order valence-electron chi connectivity index (χ2n) is 10.2. The highest BCUT2D eigenvalue weighted by atomic mass is 16.5. The van der Waals surface area contributed by atoms with Gasteiger partial charge in [-0.3, -0.25) is 14.9 Å². The van der Waals surface area contributed by atoms with E-state index in [0.717, 1.165) is 70.7 Å². The monoisotopic (exact) mass is 497 g/mol. The number of aryl methyl sites for hydroxylation is 1. The van der Waals surface area contributed by atoms with Gasteiger partial charge in [-0.1, -0.05) is 18.2 Å². The first-order valence-electron chi connectivity index (χ1n) is 12.9. The lowest BCUT2D eigenvalue weighted by Gasteiger charge is -2.41. The number of aromatic nitrogens is 4. The lowest BCUT2D eigenvalue weighted by atomic mass is 9.77. The molecule has 1 fully saturated rings. The Balaban J connectivity index is 1.28. The molecule has 3 heterocycles. The van der Waals surface area contributed by atoms with Crippen molar-refractivity contribution < 1.29 is 14.6 Å². The van der Waals surface area contributed by atoms with Gasteiger partial charge < -0.3 is 14.7 Å². The normalized spacial score (nSPS) is 19.4. The number of likely N-dealkylation sites (N-methyl/N-ethyl adjacent to an activating group) is 1. The van der Waals surface area contributed by atoms with Crippen LogP contribution in [0.25, 0.3) is 33.5 Å². The lowest BCUT2D eigenvalue weighted by molar-refractivity contribution is -0.141. The number of hydrogen-bond acceptors (Lipinski definition) is 6. The van der Waals surface area contributed by atoms with E-state index < -0.39 is 6.10 Å². The van der Waals surface area contributed by atoms with E-state index in [-0.39, 0.29) is 11.9 Å². The van der Waals surface area contributed by atoms with Crippen LogP contribution in [-0.4, -0.2) is 62.4 Å². The summed E-state index contributed by atoms with van der Waals surface area (Å²) in [5.41, 5.74) is 9.02. The number of aliphatic hydroxyl groups excluding tert-OH is 1. The molecule has 190 valence electrons. The van der Waals surface area contributed by atoms with E-state index in [1.807, 2.05) is 24.4 Å². The van der Waals surface area contributed by atoms with E-state index in [1.165, 1.54) is 24.5 Å². The number of hydrogen-bond donors (Lipinski definition) is 2. The predicted molar refractivity (Wildman–Crippen MR) is 141 cm³/mol. The summed E-state index contributed by atoms with van der Waals surface area (Å²) in [6.45, 7) is 1.51. The third-order valence-electron chi connectivity index (χ3n) is 7.96. The summed E-state index contributed by atoms with van der Waals surface area (Å²) in [6.07, 6.45) is 5.91. The highest BCUT2D eigenvalue weighted by Gasteiger charge is 2.36. The molecule has 0 radical (unpaired) electrons. The van der Waals surface area contributed by atoms with E-state index in [9.17, 15) is 9.90 Å². The fourth-order valence-electron chi connectivity index (χ4n) is 5.73. The third-order valence-corrected chi connectivity index (χ3v) is 7.96. The number of methoxy groups -OCH3 is 1. The minimum Gasteiger partial charge on any atom is -0.494 e. The predicted octanol–water partition coefficient (Wildman–Crippen LogP) is 4.27. The van der Waals surface area contributed by atoms with Gasteiger partial charge in [0.25, 0.3) is 5.91 Å². The standard InChI is InChI=1S/C29H31N5O3/c1-16(35)29(36)34(2)20-12-19(13-20)23-11-10-18(15-30-23)26-28-24(32-33-26)14-25(37-3)27(31-28)22-9-5-7-17-6-4-8-21(17)22/h5,7,9-11,14-16,19-20,35H,4,6,8,12-13H2,1-3H3,(H,32,33). The van der Waals surface area contributed by atoms with Crippen LogP contribution in [0.1, 0.15) is 48.9 Å². The second kappa shape index (κ2) is 9.27. The Morgan fingerprint density at radius 3 is 2.76 bits per heavy atom. The summed E-state index contributed by atoms with van der Waals surface area (Å²) < 4.78 is 5.74. The smallest absolute Gasteiger partial charge is 0.251 e. The van der Waals surface area contributed by atoms with Crippen molar-refractivity contribution in [3.8, 4) is 28.3 Å². The van der Waals surface area contributed by atoms with Crippen molar-refractivity contribution in [2.75, 3.05) is 14.2 Å². The Morgan fingerprint density at radius 2 is 2.03 bits per heavy atom. The number of carbonyl (C=O) groups is 1. The molecule has 0 saturated heterocycles. The Morgan fingerprint density at radius 1 is 1.19 bits per heavy atom. The first-order chi connectivity index (χ1) is 17.9. The quantitative estimate of drug-likeness (QED) is 0.412. The van der Waals surface area contributed by atoms with Gasteiger partial charge in [0.15, 0.2) is 0 Å². The molecule has 0 bridgehead atoms. The van der Waals surface area contributed by atoms with Gasteiger partial charge >= 0.3 is 0 Å². The highest BCUT2D eigenvalue weighted by Crippen LogP contribution is 2.41. The van der Waals surface area contributed by atoms with E-state index in [2.05, 4.69) is 28.4 Å². The number of nitrogens with one attached hydrogen (secondary N) is 1. The summed E-state index contributed by atoms with van der Waals surface area (Å²) in [7, 11) is 3.44. The first kappa shape index (κ1) is 23.6. The molecule has 37 heavy (non-hydrogen) atoms. The summed E-state index contributed by atoms with van der Waals surface area (Å²) in [6, 6.07) is 12.6. The zero-order valence-corrected chi connectivity index (χ0v) is 21.4. The van der Waals surface area contributed by atoms with Crippen LogP contribution in [0.4, 0.5) is 0 Å². The van der Waals surface area contributed by atoms with Crippen molar-refractivity contribution in [1.82, 2.24) is 25.1 Å². The molecule has 0 aliphatic heterocycles. The van der Waals surface area contributed by atoms with Gasteiger partial charge in [-0.2, -0.15) is 5.10 Å². The molecule has 0 spiro atoms. The van der Waals surface area contributed by atoms with Gasteiger partial charge in [-0.15, -0.1) is 0 Å². The van der Waals surface area contributed by atoms with Crippen molar-refractivity contribution in [3.63, 3.8) is 0 Å². The SMILES string of the molecule is COc1cc2[nH]nc(-c3ccc(C4CC(N(C)C(=O)C(C)O)C4)nc3)c2nc1-c1cccc2c1CCC2. The van der Waals surface area contributed by atoms with Crippen molar-refractivity contribution in [2.24, 2.45) is 0 Å². The van der Waals surface area contributed by atoms with E-state index in [1.54, 1.807) is 19.1 Å². The molecule has 8 nitrogen and oxygen atoms in total. The number of rotatable bonds is 6. The Hall–Kier alpha value is -3.78. The fraction of sp³-hybridized carbons (Fsp3) is 0.379. The van der Waals surface area contributed by atoms with Gasteiger partial charge in [-0.25, -0.2) is 4.98 Å². The van der Waals surface area contributed by atoms with E-state index in [0.29, 0.717) is 5.92 Å². The van der Waals surface area contributed by atoms with Crippen molar-refractivity contribution in [3.05, 3.63) is 59.4 Å². The molecular formula is C29H31N5O3. The molecule has 1 unspecified atom stereocenters. The number of aromatic amines is 1. The molecule has 8 heteroatoms. The van der Waals surface area contributed by atoms with Gasteiger partial charge in [-0.05, 0) is 62.3 Å². The maximum absolute atomic E-state index is 12.1. The Labute approximate surface area is 215 Å². The van der Waals surface area contributed by atoms with Crippen molar-refractivity contribution in [1.29, 1.82) is 0 Å². The van der Waals surface area contributed by atoms with Crippen LogP contribution in [0.2, 0.25) is 0 Å². The molecule has 1 atom stereocenters. The van der Waals surface area contributed by atoms with E-state index >= 15 is 0 Å². The number of aliphatic hydroxyl groups is 1. The molecule has 2 N–H and O–H groups in total. The molecule has 1 aromatic carbocycles. The second-order valence-corrected chi connectivity index (χ2v) is 10.2. The number of nitrogens with zero attached hydrogens (tertiary/aromatic N) is 4. The highest BCUT2D eigenvalue weighted by molar-refractivity contribution is 5.93.